The van der Waals surface area contributed by atoms with Gasteiger partial charge in [0.2, 0.25) is 5.43 Å². The van der Waals surface area contributed by atoms with Crippen molar-refractivity contribution >= 4 is 35.5 Å². The van der Waals surface area contributed by atoms with E-state index in [9.17, 15) is 14.2 Å². The van der Waals surface area contributed by atoms with Crippen LogP contribution in [0.5, 0.6) is 0 Å². The molecule has 3 aromatic rings. The number of esters is 1. The molecular formula is C28H30NO7P. The molecular weight excluding hydrogens is 493 g/mol. The van der Waals surface area contributed by atoms with Crippen LogP contribution in [0.1, 0.15) is 46.1 Å². The average molecular weight is 524 g/mol. The van der Waals surface area contributed by atoms with Gasteiger partial charge in [-0.15, -0.1) is 0 Å². The third-order valence-electron chi connectivity index (χ3n) is 6.48. The minimum absolute atomic E-state index is 0.191. The van der Waals surface area contributed by atoms with Crippen LogP contribution in [0.2, 0.25) is 0 Å². The largest absolute Gasteiger partial charge is 0.460 e. The van der Waals surface area contributed by atoms with Gasteiger partial charge in [0.05, 0.1) is 46.9 Å². The second-order valence-corrected chi connectivity index (χ2v) is 12.5. The number of hydrogen-bond acceptors (Lipinski definition) is 8. The summed E-state index contributed by atoms with van der Waals surface area (Å²) in [7, 11) is -3.85. The van der Waals surface area contributed by atoms with Gasteiger partial charge in [-0.3, -0.25) is 9.36 Å². The summed E-state index contributed by atoms with van der Waals surface area (Å²) in [5.41, 5.74) is 1.45. The van der Waals surface area contributed by atoms with Crippen molar-refractivity contribution in [3.63, 3.8) is 0 Å². The Kier molecular flexibility index (Phi) is 6.39. The molecule has 37 heavy (non-hydrogen) atoms. The molecule has 0 spiro atoms. The van der Waals surface area contributed by atoms with Gasteiger partial charge in [-0.25, -0.2) is 4.79 Å². The zero-order valence-electron chi connectivity index (χ0n) is 21.5. The number of dihydropyridines is 1. The van der Waals surface area contributed by atoms with Crippen molar-refractivity contribution in [2.45, 2.75) is 46.6 Å². The highest BCUT2D eigenvalue weighted by Gasteiger charge is 2.48. The molecule has 1 fully saturated rings. The summed E-state index contributed by atoms with van der Waals surface area (Å²) in [6.07, 6.45) is 1.17. The van der Waals surface area contributed by atoms with Crippen molar-refractivity contribution in [3.8, 4) is 0 Å². The van der Waals surface area contributed by atoms with E-state index in [-0.39, 0.29) is 35.7 Å². The molecule has 0 radical (unpaired) electrons. The number of ether oxygens (including phenoxy) is 1. The van der Waals surface area contributed by atoms with Crippen molar-refractivity contribution in [2.75, 3.05) is 13.2 Å². The average Bonchev–Trinajstić information content (AvgIpc) is 2.85. The molecule has 2 aliphatic heterocycles. The summed E-state index contributed by atoms with van der Waals surface area (Å²) in [6.45, 7) is 9.64. The number of nitrogens with one attached hydrogen (secondary N) is 1. The molecule has 1 unspecified atom stereocenters. The molecule has 194 valence electrons. The lowest BCUT2D eigenvalue weighted by Gasteiger charge is -2.39. The maximum absolute atomic E-state index is 14.3. The number of allylic oxidation sites excluding steroid dienone is 2. The molecule has 0 saturated carbocycles. The first kappa shape index (κ1) is 25.5. The van der Waals surface area contributed by atoms with Gasteiger partial charge in [-0.1, -0.05) is 38.1 Å². The Labute approximate surface area is 214 Å². The summed E-state index contributed by atoms with van der Waals surface area (Å²) in [5, 5.41) is 4.16. The second kappa shape index (κ2) is 9.28. The molecule has 0 aliphatic carbocycles. The molecule has 1 saturated heterocycles. The fourth-order valence-electron chi connectivity index (χ4n) is 4.65. The van der Waals surface area contributed by atoms with Gasteiger partial charge >= 0.3 is 13.6 Å². The van der Waals surface area contributed by atoms with Crippen LogP contribution in [0.25, 0.3) is 21.9 Å². The van der Waals surface area contributed by atoms with Crippen molar-refractivity contribution in [3.05, 3.63) is 81.0 Å². The zero-order chi connectivity index (χ0) is 26.5. The number of carbonyl (C=O) groups excluding carboxylic acids is 1. The smallest absolute Gasteiger partial charge is 0.360 e. The van der Waals surface area contributed by atoms with Gasteiger partial charge in [0.1, 0.15) is 11.2 Å². The quantitative estimate of drug-likeness (QED) is 0.254. The van der Waals surface area contributed by atoms with E-state index < -0.39 is 19.5 Å². The topological polar surface area (TPSA) is 104 Å². The Morgan fingerprint density at radius 2 is 1.76 bits per heavy atom. The zero-order valence-corrected chi connectivity index (χ0v) is 22.4. The van der Waals surface area contributed by atoms with E-state index in [2.05, 4.69) is 5.32 Å². The van der Waals surface area contributed by atoms with Crippen LogP contribution in [-0.4, -0.2) is 25.3 Å². The molecule has 5 rings (SSSR count). The van der Waals surface area contributed by atoms with Gasteiger partial charge in [-0.05, 0) is 39.0 Å². The Bertz CT molecular complexity index is 1570. The second-order valence-electron chi connectivity index (χ2n) is 10.5. The molecule has 0 amide bonds. The SMILES string of the molecule is CC1=C(P2(=O)OCC(C)(C)CO2)C(c2cccc3c(=O)c4ccccc4oc23)C(C(=O)OC(C)C)=CN1. The maximum Gasteiger partial charge on any atom is 0.360 e. The van der Waals surface area contributed by atoms with E-state index in [1.165, 1.54) is 0 Å². The third-order valence-corrected chi connectivity index (χ3v) is 8.60. The number of hydrogen-bond donors (Lipinski definition) is 1. The Morgan fingerprint density at radius 3 is 2.46 bits per heavy atom. The minimum atomic E-state index is -3.85. The summed E-state index contributed by atoms with van der Waals surface area (Å²) in [4.78, 5) is 26.7. The summed E-state index contributed by atoms with van der Waals surface area (Å²) < 4.78 is 37.9. The minimum Gasteiger partial charge on any atom is -0.460 e. The molecule has 1 aromatic heterocycles. The van der Waals surface area contributed by atoms with Crippen molar-refractivity contribution < 1.29 is 27.6 Å². The highest BCUT2D eigenvalue weighted by atomic mass is 31.2. The van der Waals surface area contributed by atoms with Crippen molar-refractivity contribution in [1.82, 2.24) is 5.32 Å². The van der Waals surface area contributed by atoms with Crippen LogP contribution in [0.3, 0.4) is 0 Å². The first-order chi connectivity index (χ1) is 17.5. The van der Waals surface area contributed by atoms with E-state index in [0.717, 1.165) is 0 Å². The molecule has 2 aliphatic rings. The van der Waals surface area contributed by atoms with Gasteiger partial charge in [0, 0.05) is 22.9 Å². The molecule has 1 atom stereocenters. The standard InChI is InChI=1S/C28H30NO7P/c1-16(2)35-27(31)21-13-29-17(3)26(37(32)33-14-28(4,5)15-34-37)23(21)19-10-8-11-20-24(30)18-9-6-7-12-22(18)36-25(19)20/h6-13,16,23,29H,14-15H2,1-5H3. The van der Waals surface area contributed by atoms with Crippen molar-refractivity contribution in [2.24, 2.45) is 5.41 Å². The van der Waals surface area contributed by atoms with E-state index in [1.54, 1.807) is 69.4 Å². The van der Waals surface area contributed by atoms with E-state index in [1.807, 2.05) is 13.8 Å². The Hall–Kier alpha value is -3.19. The highest BCUT2D eigenvalue weighted by molar-refractivity contribution is 7.58. The van der Waals surface area contributed by atoms with E-state index in [4.69, 9.17) is 18.2 Å². The van der Waals surface area contributed by atoms with Gasteiger partial charge < -0.3 is 23.5 Å². The Balaban J connectivity index is 1.76. The lowest BCUT2D eigenvalue weighted by atomic mass is 9.87. The first-order valence-corrected chi connectivity index (χ1v) is 13.8. The lowest BCUT2D eigenvalue weighted by molar-refractivity contribution is -0.142. The van der Waals surface area contributed by atoms with Crippen LogP contribution in [-0.2, 0) is 23.1 Å². The third kappa shape index (κ3) is 4.54. The predicted octanol–water partition coefficient (Wildman–Crippen LogP) is 5.97. The van der Waals surface area contributed by atoms with Gasteiger partial charge in [0.15, 0.2) is 0 Å². The van der Waals surface area contributed by atoms with Gasteiger partial charge in [0.25, 0.3) is 0 Å². The molecule has 1 N–H and O–H groups in total. The van der Waals surface area contributed by atoms with Gasteiger partial charge in [-0.2, -0.15) is 0 Å². The normalized spacial score (nSPS) is 21.1. The van der Waals surface area contributed by atoms with E-state index >= 15 is 0 Å². The van der Waals surface area contributed by atoms with Crippen LogP contribution in [0.4, 0.5) is 0 Å². The van der Waals surface area contributed by atoms with Crippen LogP contribution >= 0.6 is 7.60 Å². The monoisotopic (exact) mass is 523 g/mol. The lowest BCUT2D eigenvalue weighted by Crippen LogP contribution is -2.33. The number of rotatable bonds is 4. The molecule has 8 nitrogen and oxygen atoms in total. The van der Waals surface area contributed by atoms with Crippen molar-refractivity contribution in [1.29, 1.82) is 0 Å². The first-order valence-electron chi connectivity index (χ1n) is 12.2. The van der Waals surface area contributed by atoms with Crippen LogP contribution < -0.4 is 10.7 Å². The van der Waals surface area contributed by atoms with E-state index in [0.29, 0.717) is 38.5 Å². The maximum atomic E-state index is 14.3. The number of benzene rings is 2. The number of para-hydroxylation sites is 2. The molecule has 3 heterocycles. The fraction of sp³-hybridized carbons (Fsp3) is 0.357. The van der Waals surface area contributed by atoms with Crippen LogP contribution in [0.15, 0.2) is 74.5 Å². The fourth-order valence-corrected chi connectivity index (χ4v) is 7.12. The molecule has 2 aromatic carbocycles. The molecule has 0 bridgehead atoms. The predicted molar refractivity (Wildman–Crippen MR) is 141 cm³/mol. The highest BCUT2D eigenvalue weighted by Crippen LogP contribution is 2.66. The summed E-state index contributed by atoms with van der Waals surface area (Å²) >= 11 is 0. The summed E-state index contributed by atoms with van der Waals surface area (Å²) in [5.74, 6) is -1.48. The summed E-state index contributed by atoms with van der Waals surface area (Å²) in [6, 6.07) is 12.2. The number of fused-ring (bicyclic) bond motifs is 2. The number of carbonyl (C=O) groups is 1. The molecule has 9 heteroatoms. The van der Waals surface area contributed by atoms with Crippen LogP contribution in [0, 0.1) is 5.41 Å². The Morgan fingerprint density at radius 1 is 1.08 bits per heavy atom.